The van der Waals surface area contributed by atoms with Gasteiger partial charge in [-0.3, -0.25) is 4.79 Å². The average molecular weight is 260 g/mol. The number of hydrogen-bond donors (Lipinski definition) is 2. The van der Waals surface area contributed by atoms with Crippen LogP contribution in [0.25, 0.3) is 0 Å². The van der Waals surface area contributed by atoms with E-state index in [4.69, 9.17) is 0 Å². The molecule has 0 unspecified atom stereocenters. The summed E-state index contributed by atoms with van der Waals surface area (Å²) in [5.74, 6) is 0.779. The molecule has 1 aromatic carbocycles. The van der Waals surface area contributed by atoms with Crippen LogP contribution >= 0.6 is 0 Å². The molecular formula is C16H24N2O. The largest absolute Gasteiger partial charge is 0.388 e. The van der Waals surface area contributed by atoms with Crippen LogP contribution in [0.5, 0.6) is 0 Å². The highest BCUT2D eigenvalue weighted by atomic mass is 16.1. The van der Waals surface area contributed by atoms with Gasteiger partial charge in [0.25, 0.3) is 5.91 Å². The third kappa shape index (κ3) is 3.28. The van der Waals surface area contributed by atoms with Crippen molar-refractivity contribution in [1.82, 2.24) is 5.32 Å². The third-order valence-corrected chi connectivity index (χ3v) is 4.33. The van der Waals surface area contributed by atoms with Crippen molar-refractivity contribution in [2.24, 2.45) is 11.3 Å². The van der Waals surface area contributed by atoms with Gasteiger partial charge in [-0.15, -0.1) is 0 Å². The van der Waals surface area contributed by atoms with E-state index in [1.807, 2.05) is 31.3 Å². The summed E-state index contributed by atoms with van der Waals surface area (Å²) >= 11 is 0. The Kier molecular flexibility index (Phi) is 4.13. The lowest BCUT2D eigenvalue weighted by atomic mass is 9.67. The van der Waals surface area contributed by atoms with E-state index in [2.05, 4.69) is 24.5 Å². The van der Waals surface area contributed by atoms with E-state index in [1.54, 1.807) is 0 Å². The van der Waals surface area contributed by atoms with Gasteiger partial charge in [-0.1, -0.05) is 26.3 Å². The first-order valence-corrected chi connectivity index (χ1v) is 7.09. The second kappa shape index (κ2) is 5.64. The van der Waals surface area contributed by atoms with Crippen molar-refractivity contribution in [2.75, 3.05) is 18.9 Å². The number of rotatable bonds is 5. The summed E-state index contributed by atoms with van der Waals surface area (Å²) in [4.78, 5) is 12.1. The maximum Gasteiger partial charge on any atom is 0.251 e. The van der Waals surface area contributed by atoms with Crippen molar-refractivity contribution < 1.29 is 4.79 Å². The van der Waals surface area contributed by atoms with Gasteiger partial charge in [-0.2, -0.15) is 0 Å². The lowest BCUT2D eigenvalue weighted by Crippen LogP contribution is -2.41. The van der Waals surface area contributed by atoms with Crippen LogP contribution in [0.15, 0.2) is 24.3 Å². The zero-order valence-corrected chi connectivity index (χ0v) is 12.1. The highest BCUT2D eigenvalue weighted by Crippen LogP contribution is 2.41. The van der Waals surface area contributed by atoms with Crippen LogP contribution in [0.2, 0.25) is 0 Å². The van der Waals surface area contributed by atoms with Gasteiger partial charge in [0.15, 0.2) is 0 Å². The normalized spacial score (nSPS) is 15.7. The molecule has 3 heteroatoms. The topological polar surface area (TPSA) is 41.1 Å². The zero-order chi connectivity index (χ0) is 13.9. The van der Waals surface area contributed by atoms with E-state index in [0.717, 1.165) is 23.7 Å². The molecule has 0 spiro atoms. The first-order chi connectivity index (χ1) is 9.03. The summed E-state index contributed by atoms with van der Waals surface area (Å²) in [7, 11) is 1.86. The van der Waals surface area contributed by atoms with Crippen LogP contribution in [0.4, 0.5) is 5.69 Å². The smallest absolute Gasteiger partial charge is 0.251 e. The van der Waals surface area contributed by atoms with E-state index in [0.29, 0.717) is 0 Å². The summed E-state index contributed by atoms with van der Waals surface area (Å²) in [5.41, 5.74) is 1.89. The standard InChI is InChI=1S/C16H24N2O/c1-16(2,13-7-5-8-13)11-18-15(19)12-6-4-9-14(10-12)17-3/h4,6,9-10,13,17H,5,7-8,11H2,1-3H3,(H,18,19). The van der Waals surface area contributed by atoms with Crippen molar-refractivity contribution in [2.45, 2.75) is 33.1 Å². The molecule has 1 saturated carbocycles. The van der Waals surface area contributed by atoms with Gasteiger partial charge in [0.05, 0.1) is 0 Å². The molecule has 0 heterocycles. The fourth-order valence-electron chi connectivity index (χ4n) is 2.56. The first-order valence-electron chi connectivity index (χ1n) is 7.09. The Labute approximate surface area is 115 Å². The number of carbonyl (C=O) groups excluding carboxylic acids is 1. The van der Waals surface area contributed by atoms with Gasteiger partial charge in [0, 0.05) is 24.8 Å². The van der Waals surface area contributed by atoms with E-state index in [9.17, 15) is 4.79 Å². The Morgan fingerprint density at radius 2 is 2.11 bits per heavy atom. The summed E-state index contributed by atoms with van der Waals surface area (Å²) in [6.07, 6.45) is 3.95. The van der Waals surface area contributed by atoms with Gasteiger partial charge in [0.2, 0.25) is 0 Å². The van der Waals surface area contributed by atoms with Gasteiger partial charge < -0.3 is 10.6 Å². The highest BCUT2D eigenvalue weighted by molar-refractivity contribution is 5.95. The van der Waals surface area contributed by atoms with Crippen molar-refractivity contribution in [3.05, 3.63) is 29.8 Å². The Morgan fingerprint density at radius 3 is 2.68 bits per heavy atom. The third-order valence-electron chi connectivity index (χ3n) is 4.33. The highest BCUT2D eigenvalue weighted by Gasteiger charge is 2.33. The van der Waals surface area contributed by atoms with Crippen molar-refractivity contribution in [3.8, 4) is 0 Å². The summed E-state index contributed by atoms with van der Waals surface area (Å²) < 4.78 is 0. The minimum Gasteiger partial charge on any atom is -0.388 e. The number of nitrogens with one attached hydrogen (secondary N) is 2. The fourth-order valence-corrected chi connectivity index (χ4v) is 2.56. The minimum atomic E-state index is 0.0181. The van der Waals surface area contributed by atoms with Crippen LogP contribution in [0.1, 0.15) is 43.5 Å². The number of benzene rings is 1. The molecular weight excluding hydrogens is 236 g/mol. The number of hydrogen-bond acceptors (Lipinski definition) is 2. The van der Waals surface area contributed by atoms with E-state index in [1.165, 1.54) is 19.3 Å². The zero-order valence-electron chi connectivity index (χ0n) is 12.1. The van der Waals surface area contributed by atoms with Crippen molar-refractivity contribution >= 4 is 11.6 Å². The molecule has 0 radical (unpaired) electrons. The molecule has 2 rings (SSSR count). The maximum atomic E-state index is 12.1. The van der Waals surface area contributed by atoms with E-state index in [-0.39, 0.29) is 11.3 Å². The van der Waals surface area contributed by atoms with Crippen molar-refractivity contribution in [1.29, 1.82) is 0 Å². The molecule has 0 saturated heterocycles. The molecule has 0 bridgehead atoms. The van der Waals surface area contributed by atoms with Crippen LogP contribution in [0, 0.1) is 11.3 Å². The molecule has 0 aliphatic heterocycles. The molecule has 1 amide bonds. The predicted octanol–water partition coefficient (Wildman–Crippen LogP) is 3.28. The Balaban J connectivity index is 1.93. The molecule has 19 heavy (non-hydrogen) atoms. The molecule has 0 aromatic heterocycles. The molecule has 1 aromatic rings. The van der Waals surface area contributed by atoms with Gasteiger partial charge in [-0.25, -0.2) is 0 Å². The second-order valence-corrected chi connectivity index (χ2v) is 6.13. The molecule has 1 fully saturated rings. The Bertz CT molecular complexity index is 450. The SMILES string of the molecule is CNc1cccc(C(=O)NCC(C)(C)C2CCC2)c1. The van der Waals surface area contributed by atoms with Gasteiger partial charge in [0.1, 0.15) is 0 Å². The first kappa shape index (κ1) is 13.9. The lowest BCUT2D eigenvalue weighted by molar-refractivity contribution is 0.0858. The molecule has 1 aliphatic rings. The van der Waals surface area contributed by atoms with Crippen LogP contribution < -0.4 is 10.6 Å². The van der Waals surface area contributed by atoms with Crippen LogP contribution in [-0.2, 0) is 0 Å². The molecule has 3 nitrogen and oxygen atoms in total. The van der Waals surface area contributed by atoms with Crippen LogP contribution in [0.3, 0.4) is 0 Å². The Morgan fingerprint density at radius 1 is 1.37 bits per heavy atom. The monoisotopic (exact) mass is 260 g/mol. The second-order valence-electron chi connectivity index (χ2n) is 6.13. The van der Waals surface area contributed by atoms with Crippen LogP contribution in [-0.4, -0.2) is 19.5 Å². The van der Waals surface area contributed by atoms with E-state index >= 15 is 0 Å². The summed E-state index contributed by atoms with van der Waals surface area (Å²) in [6, 6.07) is 7.59. The molecule has 0 atom stereocenters. The summed E-state index contributed by atoms with van der Waals surface area (Å²) in [6.45, 7) is 5.25. The maximum absolute atomic E-state index is 12.1. The predicted molar refractivity (Wildman–Crippen MR) is 79.4 cm³/mol. The average Bonchev–Trinajstić information content (AvgIpc) is 2.33. The minimum absolute atomic E-state index is 0.0181. The molecule has 2 N–H and O–H groups in total. The number of anilines is 1. The molecule has 1 aliphatic carbocycles. The van der Waals surface area contributed by atoms with Gasteiger partial charge >= 0.3 is 0 Å². The van der Waals surface area contributed by atoms with E-state index < -0.39 is 0 Å². The number of carbonyl (C=O) groups is 1. The number of amides is 1. The van der Waals surface area contributed by atoms with Crippen molar-refractivity contribution in [3.63, 3.8) is 0 Å². The fraction of sp³-hybridized carbons (Fsp3) is 0.562. The van der Waals surface area contributed by atoms with Gasteiger partial charge in [-0.05, 0) is 42.4 Å². The Hall–Kier alpha value is -1.51. The summed E-state index contributed by atoms with van der Waals surface area (Å²) in [5, 5.41) is 6.12. The lowest BCUT2D eigenvalue weighted by Gasteiger charge is -2.40. The quantitative estimate of drug-likeness (QED) is 0.853. The molecule has 104 valence electrons.